The van der Waals surface area contributed by atoms with Gasteiger partial charge in [0.1, 0.15) is 5.82 Å². The van der Waals surface area contributed by atoms with Gasteiger partial charge in [0.15, 0.2) is 0 Å². The summed E-state index contributed by atoms with van der Waals surface area (Å²) >= 11 is 0. The molecule has 0 radical (unpaired) electrons. The molecule has 78 valence electrons. The second-order valence-electron chi connectivity index (χ2n) is 4.11. The Hall–Kier alpha value is -1.89. The van der Waals surface area contributed by atoms with E-state index in [1.54, 1.807) is 0 Å². The molecule has 0 heterocycles. The summed E-state index contributed by atoms with van der Waals surface area (Å²) in [6.07, 6.45) is 0. The van der Waals surface area contributed by atoms with E-state index in [0.717, 1.165) is 21.7 Å². The predicted octanol–water partition coefficient (Wildman–Crippen LogP) is 4.44. The van der Waals surface area contributed by atoms with Gasteiger partial charge in [-0.25, -0.2) is 4.39 Å². The van der Waals surface area contributed by atoms with E-state index in [0.29, 0.717) is 5.39 Å². The summed E-state index contributed by atoms with van der Waals surface area (Å²) in [4.78, 5) is 0. The van der Waals surface area contributed by atoms with Crippen LogP contribution in [0.25, 0.3) is 21.5 Å². The molecule has 0 nitrogen and oxygen atoms in total. The van der Waals surface area contributed by atoms with E-state index in [-0.39, 0.29) is 5.82 Å². The average molecular weight is 210 g/mol. The summed E-state index contributed by atoms with van der Waals surface area (Å²) in [5.74, 6) is -0.147. The lowest BCUT2D eigenvalue weighted by Crippen LogP contribution is -1.84. The fourth-order valence-electron chi connectivity index (χ4n) is 2.14. The van der Waals surface area contributed by atoms with Crippen molar-refractivity contribution in [3.05, 3.63) is 59.9 Å². The Balaban J connectivity index is 2.56. The van der Waals surface area contributed by atoms with Crippen LogP contribution in [-0.2, 0) is 0 Å². The molecule has 3 rings (SSSR count). The molecular formula is C15H11F. The Morgan fingerprint density at radius 3 is 2.12 bits per heavy atom. The Morgan fingerprint density at radius 2 is 1.44 bits per heavy atom. The number of fused-ring (bicyclic) bond motifs is 2. The van der Waals surface area contributed by atoms with Gasteiger partial charge in [0.2, 0.25) is 0 Å². The number of benzene rings is 3. The highest BCUT2D eigenvalue weighted by Gasteiger charge is 2.04. The smallest absolute Gasteiger partial charge is 0.131 e. The monoisotopic (exact) mass is 210 g/mol. The van der Waals surface area contributed by atoms with Crippen LogP contribution in [0.15, 0.2) is 48.5 Å². The molecule has 1 heteroatoms. The zero-order valence-corrected chi connectivity index (χ0v) is 9.00. The van der Waals surface area contributed by atoms with Crippen molar-refractivity contribution >= 4 is 21.5 Å². The molecule has 0 aliphatic rings. The van der Waals surface area contributed by atoms with Crippen LogP contribution in [-0.4, -0.2) is 0 Å². The maximum Gasteiger partial charge on any atom is 0.131 e. The molecule has 3 aromatic carbocycles. The van der Waals surface area contributed by atoms with Crippen LogP contribution in [0.1, 0.15) is 5.56 Å². The molecular weight excluding hydrogens is 199 g/mol. The molecule has 0 fully saturated rings. The topological polar surface area (TPSA) is 0 Å². The largest absolute Gasteiger partial charge is 0.206 e. The Bertz CT molecular complexity index is 623. The van der Waals surface area contributed by atoms with E-state index in [1.165, 1.54) is 6.07 Å². The minimum absolute atomic E-state index is 0.147. The summed E-state index contributed by atoms with van der Waals surface area (Å²) < 4.78 is 13.7. The zero-order valence-electron chi connectivity index (χ0n) is 9.00. The second kappa shape index (κ2) is 3.31. The first kappa shape index (κ1) is 9.34. The maximum atomic E-state index is 13.7. The SMILES string of the molecule is Cc1ccc(F)c2cc3ccccc3cc12. The van der Waals surface area contributed by atoms with E-state index >= 15 is 0 Å². The van der Waals surface area contributed by atoms with Crippen molar-refractivity contribution in [3.8, 4) is 0 Å². The Labute approximate surface area is 93.3 Å². The molecule has 0 saturated heterocycles. The van der Waals surface area contributed by atoms with E-state index in [2.05, 4.69) is 12.1 Å². The fraction of sp³-hybridized carbons (Fsp3) is 0.0667. The van der Waals surface area contributed by atoms with Gasteiger partial charge >= 0.3 is 0 Å². The third-order valence-corrected chi connectivity index (χ3v) is 3.05. The van der Waals surface area contributed by atoms with E-state index < -0.39 is 0 Å². The number of rotatable bonds is 0. The van der Waals surface area contributed by atoms with Gasteiger partial charge in [0.25, 0.3) is 0 Å². The fourth-order valence-corrected chi connectivity index (χ4v) is 2.14. The summed E-state index contributed by atoms with van der Waals surface area (Å²) in [5, 5.41) is 3.95. The first-order valence-electron chi connectivity index (χ1n) is 5.33. The zero-order chi connectivity index (χ0) is 11.1. The van der Waals surface area contributed by atoms with Crippen LogP contribution in [0.4, 0.5) is 4.39 Å². The highest BCUT2D eigenvalue weighted by molar-refractivity contribution is 5.99. The number of hydrogen-bond donors (Lipinski definition) is 0. The number of halogens is 1. The summed E-state index contributed by atoms with van der Waals surface area (Å²) in [6, 6.07) is 15.4. The van der Waals surface area contributed by atoms with Crippen molar-refractivity contribution in [3.63, 3.8) is 0 Å². The number of hydrogen-bond acceptors (Lipinski definition) is 0. The van der Waals surface area contributed by atoms with Crippen LogP contribution in [0.3, 0.4) is 0 Å². The van der Waals surface area contributed by atoms with Gasteiger partial charge in [-0.3, -0.25) is 0 Å². The molecule has 0 N–H and O–H groups in total. The van der Waals surface area contributed by atoms with Crippen molar-refractivity contribution in [1.29, 1.82) is 0 Å². The van der Waals surface area contributed by atoms with Crippen LogP contribution >= 0.6 is 0 Å². The highest BCUT2D eigenvalue weighted by atomic mass is 19.1. The molecule has 0 saturated carbocycles. The first-order chi connectivity index (χ1) is 7.75. The van der Waals surface area contributed by atoms with E-state index in [9.17, 15) is 4.39 Å². The summed E-state index contributed by atoms with van der Waals surface area (Å²) in [7, 11) is 0. The van der Waals surface area contributed by atoms with Gasteiger partial charge in [-0.05, 0) is 46.8 Å². The third-order valence-electron chi connectivity index (χ3n) is 3.05. The van der Waals surface area contributed by atoms with Crippen molar-refractivity contribution in [2.45, 2.75) is 6.92 Å². The Morgan fingerprint density at radius 1 is 0.812 bits per heavy atom. The summed E-state index contributed by atoms with van der Waals surface area (Å²) in [5.41, 5.74) is 1.11. The quantitative estimate of drug-likeness (QED) is 0.481. The lowest BCUT2D eigenvalue weighted by molar-refractivity contribution is 0.639. The molecule has 0 aromatic heterocycles. The van der Waals surface area contributed by atoms with Gasteiger partial charge in [0.05, 0.1) is 0 Å². The van der Waals surface area contributed by atoms with Crippen LogP contribution in [0, 0.1) is 12.7 Å². The van der Waals surface area contributed by atoms with Crippen molar-refractivity contribution < 1.29 is 4.39 Å². The molecule has 16 heavy (non-hydrogen) atoms. The van der Waals surface area contributed by atoms with Crippen LogP contribution < -0.4 is 0 Å². The average Bonchev–Trinajstić information content (AvgIpc) is 2.32. The first-order valence-corrected chi connectivity index (χ1v) is 5.33. The molecule has 0 aliphatic carbocycles. The van der Waals surface area contributed by atoms with Gasteiger partial charge < -0.3 is 0 Å². The molecule has 0 unspecified atom stereocenters. The lowest BCUT2D eigenvalue weighted by Gasteiger charge is -2.05. The number of aryl methyl sites for hydroxylation is 1. The van der Waals surface area contributed by atoms with Gasteiger partial charge in [-0.1, -0.05) is 30.3 Å². The van der Waals surface area contributed by atoms with Gasteiger partial charge in [-0.2, -0.15) is 0 Å². The predicted molar refractivity (Wildman–Crippen MR) is 66.1 cm³/mol. The lowest BCUT2D eigenvalue weighted by atomic mass is 10.00. The third kappa shape index (κ3) is 1.28. The minimum Gasteiger partial charge on any atom is -0.206 e. The van der Waals surface area contributed by atoms with Crippen molar-refractivity contribution in [2.24, 2.45) is 0 Å². The maximum absolute atomic E-state index is 13.7. The normalized spacial score (nSPS) is 11.1. The van der Waals surface area contributed by atoms with Crippen molar-refractivity contribution in [1.82, 2.24) is 0 Å². The van der Waals surface area contributed by atoms with Crippen LogP contribution in [0.2, 0.25) is 0 Å². The molecule has 3 aromatic rings. The van der Waals surface area contributed by atoms with Gasteiger partial charge in [0, 0.05) is 5.39 Å². The summed E-state index contributed by atoms with van der Waals surface area (Å²) in [6.45, 7) is 2.01. The molecule has 0 aliphatic heterocycles. The highest BCUT2D eigenvalue weighted by Crippen LogP contribution is 2.27. The van der Waals surface area contributed by atoms with Gasteiger partial charge in [-0.15, -0.1) is 0 Å². The molecule has 0 bridgehead atoms. The molecule has 0 amide bonds. The van der Waals surface area contributed by atoms with Crippen molar-refractivity contribution in [2.75, 3.05) is 0 Å². The van der Waals surface area contributed by atoms with E-state index in [4.69, 9.17) is 0 Å². The minimum atomic E-state index is -0.147. The van der Waals surface area contributed by atoms with Crippen LogP contribution in [0.5, 0.6) is 0 Å². The molecule has 0 spiro atoms. The Kier molecular flexibility index (Phi) is 1.93. The second-order valence-corrected chi connectivity index (χ2v) is 4.11. The standard InChI is InChI=1S/C15H11F/c1-10-6-7-15(16)14-9-12-5-3-2-4-11(12)8-13(10)14/h2-9H,1H3. The molecule has 0 atom stereocenters. The van der Waals surface area contributed by atoms with E-state index in [1.807, 2.05) is 37.3 Å².